The topological polar surface area (TPSA) is 60.0 Å². The average Bonchev–Trinajstić information content (AvgIpc) is 2.52. The van der Waals surface area contributed by atoms with Gasteiger partial charge < -0.3 is 5.73 Å². The number of hydrogen-bond donors (Lipinski definition) is 1. The Bertz CT molecular complexity index is 332. The molecular formula is C9H15N5. The molecular weight excluding hydrogens is 178 g/mol. The molecule has 0 saturated heterocycles. The zero-order valence-electron chi connectivity index (χ0n) is 8.56. The summed E-state index contributed by atoms with van der Waals surface area (Å²) in [5, 5.41) is 7.64. The number of nitrogens with two attached hydrogens (primary N) is 1. The first kappa shape index (κ1) is 10.7. The summed E-state index contributed by atoms with van der Waals surface area (Å²) >= 11 is 0. The lowest BCUT2D eigenvalue weighted by Gasteiger charge is -2.09. The van der Waals surface area contributed by atoms with Crippen LogP contribution in [0.25, 0.3) is 0 Å². The molecule has 2 N–H and O–H groups in total. The molecule has 0 aliphatic rings. The van der Waals surface area contributed by atoms with Crippen LogP contribution < -0.4 is 5.73 Å². The molecule has 0 unspecified atom stereocenters. The van der Waals surface area contributed by atoms with Crippen LogP contribution >= 0.6 is 0 Å². The van der Waals surface area contributed by atoms with Crippen LogP contribution in [-0.4, -0.2) is 46.6 Å². The summed E-state index contributed by atoms with van der Waals surface area (Å²) in [6.45, 7) is 2.21. The van der Waals surface area contributed by atoms with Crippen molar-refractivity contribution in [2.24, 2.45) is 12.8 Å². The fraction of sp³-hybridized carbons (Fsp3) is 0.556. The number of likely N-dealkylation sites (N-methyl/N-ethyl adjacent to an activating group) is 1. The van der Waals surface area contributed by atoms with Crippen LogP contribution in [0, 0.1) is 11.8 Å². The Hall–Kier alpha value is -1.38. The van der Waals surface area contributed by atoms with Crippen LogP contribution in [0.15, 0.2) is 6.20 Å². The van der Waals surface area contributed by atoms with Crippen molar-refractivity contribution in [1.82, 2.24) is 19.9 Å². The van der Waals surface area contributed by atoms with Gasteiger partial charge in [0.15, 0.2) is 5.69 Å². The molecule has 0 aliphatic heterocycles. The van der Waals surface area contributed by atoms with E-state index in [4.69, 9.17) is 5.73 Å². The van der Waals surface area contributed by atoms with E-state index in [0.717, 1.165) is 6.54 Å². The molecule has 1 aromatic heterocycles. The molecule has 14 heavy (non-hydrogen) atoms. The molecule has 0 atom stereocenters. The van der Waals surface area contributed by atoms with E-state index in [9.17, 15) is 0 Å². The van der Waals surface area contributed by atoms with Crippen LogP contribution in [0.3, 0.4) is 0 Å². The monoisotopic (exact) mass is 193 g/mol. The second kappa shape index (κ2) is 5.37. The maximum atomic E-state index is 5.40. The highest BCUT2D eigenvalue weighted by atomic mass is 15.4. The van der Waals surface area contributed by atoms with Crippen molar-refractivity contribution < 1.29 is 0 Å². The predicted molar refractivity (Wildman–Crippen MR) is 54.4 cm³/mol. The largest absolute Gasteiger partial charge is 0.329 e. The maximum absolute atomic E-state index is 5.40. The first-order valence-electron chi connectivity index (χ1n) is 4.46. The number of aryl methyl sites for hydroxylation is 1. The van der Waals surface area contributed by atoms with Gasteiger partial charge in [-0.25, -0.2) is 0 Å². The maximum Gasteiger partial charge on any atom is 0.155 e. The highest BCUT2D eigenvalue weighted by Crippen LogP contribution is 1.86. The van der Waals surface area contributed by atoms with E-state index in [-0.39, 0.29) is 0 Å². The summed E-state index contributed by atoms with van der Waals surface area (Å²) in [7, 11) is 3.80. The fourth-order valence-electron chi connectivity index (χ4n) is 0.969. The zero-order valence-corrected chi connectivity index (χ0v) is 8.56. The summed E-state index contributed by atoms with van der Waals surface area (Å²) in [4.78, 5) is 2.06. The van der Waals surface area contributed by atoms with Crippen molar-refractivity contribution in [3.05, 3.63) is 11.9 Å². The molecule has 5 heteroatoms. The lowest BCUT2D eigenvalue weighted by molar-refractivity contribution is 0.386. The van der Waals surface area contributed by atoms with E-state index in [0.29, 0.717) is 18.8 Å². The van der Waals surface area contributed by atoms with E-state index in [2.05, 4.69) is 27.1 Å². The van der Waals surface area contributed by atoms with Crippen LogP contribution in [0.4, 0.5) is 0 Å². The number of nitrogens with zero attached hydrogens (tertiary/aromatic N) is 4. The lowest BCUT2D eigenvalue weighted by atomic mass is 10.4. The Morgan fingerprint density at radius 1 is 1.64 bits per heavy atom. The van der Waals surface area contributed by atoms with Crippen molar-refractivity contribution in [3.63, 3.8) is 0 Å². The van der Waals surface area contributed by atoms with E-state index < -0.39 is 0 Å². The lowest BCUT2D eigenvalue weighted by Crippen LogP contribution is -2.25. The average molecular weight is 193 g/mol. The van der Waals surface area contributed by atoms with Gasteiger partial charge in [-0.2, -0.15) is 0 Å². The van der Waals surface area contributed by atoms with Gasteiger partial charge >= 0.3 is 0 Å². The SMILES string of the molecule is CN(CC#Cc1cn(C)nn1)CCN. The van der Waals surface area contributed by atoms with Gasteiger partial charge in [0, 0.05) is 20.1 Å². The van der Waals surface area contributed by atoms with Crippen molar-refractivity contribution in [3.8, 4) is 11.8 Å². The van der Waals surface area contributed by atoms with Gasteiger partial charge in [-0.3, -0.25) is 9.58 Å². The Morgan fingerprint density at radius 2 is 2.43 bits per heavy atom. The molecule has 0 radical (unpaired) electrons. The molecule has 0 aliphatic carbocycles. The quantitative estimate of drug-likeness (QED) is 0.629. The number of rotatable bonds is 3. The van der Waals surface area contributed by atoms with Crippen LogP contribution in [0.1, 0.15) is 5.69 Å². The van der Waals surface area contributed by atoms with E-state index >= 15 is 0 Å². The van der Waals surface area contributed by atoms with Gasteiger partial charge in [-0.1, -0.05) is 11.1 Å². The third-order valence-corrected chi connectivity index (χ3v) is 1.68. The van der Waals surface area contributed by atoms with E-state index in [1.54, 1.807) is 10.9 Å². The smallest absolute Gasteiger partial charge is 0.155 e. The zero-order chi connectivity index (χ0) is 10.4. The first-order chi connectivity index (χ1) is 6.72. The first-order valence-corrected chi connectivity index (χ1v) is 4.46. The summed E-state index contributed by atoms with van der Waals surface area (Å²) in [5.41, 5.74) is 6.10. The van der Waals surface area contributed by atoms with E-state index in [1.165, 1.54) is 0 Å². The Kier molecular flexibility index (Phi) is 4.11. The Labute approximate surface area is 83.9 Å². The third-order valence-electron chi connectivity index (χ3n) is 1.68. The van der Waals surface area contributed by atoms with Crippen molar-refractivity contribution in [1.29, 1.82) is 0 Å². The van der Waals surface area contributed by atoms with Crippen molar-refractivity contribution >= 4 is 0 Å². The molecule has 0 spiro atoms. The Morgan fingerprint density at radius 3 is 3.00 bits per heavy atom. The summed E-state index contributed by atoms with van der Waals surface area (Å²) in [5.74, 6) is 5.93. The molecule has 76 valence electrons. The standard InChI is InChI=1S/C9H15N5/c1-13(7-5-10)6-3-4-9-8-14(2)12-11-9/h8H,5-7,10H2,1-2H3. The predicted octanol–water partition coefficient (Wildman–Crippen LogP) is -0.943. The minimum absolute atomic E-state index is 0.656. The minimum atomic E-state index is 0.656. The number of aromatic nitrogens is 3. The normalized spacial score (nSPS) is 10.0. The highest BCUT2D eigenvalue weighted by Gasteiger charge is 1.93. The molecule has 0 amide bonds. The van der Waals surface area contributed by atoms with Gasteiger partial charge in [0.05, 0.1) is 12.7 Å². The van der Waals surface area contributed by atoms with Crippen LogP contribution in [-0.2, 0) is 7.05 Å². The molecule has 5 nitrogen and oxygen atoms in total. The van der Waals surface area contributed by atoms with Gasteiger partial charge in [0.1, 0.15) is 0 Å². The van der Waals surface area contributed by atoms with E-state index in [1.807, 2.05) is 14.1 Å². The summed E-state index contributed by atoms with van der Waals surface area (Å²) < 4.78 is 1.63. The van der Waals surface area contributed by atoms with Gasteiger partial charge in [0.2, 0.25) is 0 Å². The highest BCUT2D eigenvalue weighted by molar-refractivity contribution is 5.23. The fourth-order valence-corrected chi connectivity index (χ4v) is 0.969. The van der Waals surface area contributed by atoms with Gasteiger partial charge in [-0.05, 0) is 13.0 Å². The molecule has 1 heterocycles. The second-order valence-electron chi connectivity index (χ2n) is 3.11. The third kappa shape index (κ3) is 3.56. The van der Waals surface area contributed by atoms with Crippen LogP contribution in [0.5, 0.6) is 0 Å². The number of hydrogen-bond acceptors (Lipinski definition) is 4. The van der Waals surface area contributed by atoms with Crippen molar-refractivity contribution in [2.45, 2.75) is 0 Å². The Balaban J connectivity index is 2.40. The van der Waals surface area contributed by atoms with Gasteiger partial charge in [0.25, 0.3) is 0 Å². The molecule has 0 fully saturated rings. The summed E-state index contributed by atoms with van der Waals surface area (Å²) in [6, 6.07) is 0. The van der Waals surface area contributed by atoms with Crippen LogP contribution in [0.2, 0.25) is 0 Å². The molecule has 0 aromatic carbocycles. The molecule has 1 aromatic rings. The minimum Gasteiger partial charge on any atom is -0.329 e. The summed E-state index contributed by atoms with van der Waals surface area (Å²) in [6.07, 6.45) is 1.79. The van der Waals surface area contributed by atoms with Gasteiger partial charge in [-0.15, -0.1) is 5.10 Å². The molecule has 1 rings (SSSR count). The van der Waals surface area contributed by atoms with Crippen molar-refractivity contribution in [2.75, 3.05) is 26.7 Å². The molecule has 0 saturated carbocycles. The second-order valence-corrected chi connectivity index (χ2v) is 3.11. The molecule has 0 bridgehead atoms.